The molecule has 0 radical (unpaired) electrons. The van der Waals surface area contributed by atoms with Crippen LogP contribution in [0.15, 0.2) is 4.79 Å². The minimum absolute atomic E-state index is 0.0201. The molecule has 1 aromatic rings. The van der Waals surface area contributed by atoms with Crippen molar-refractivity contribution in [3.8, 4) is 0 Å². The van der Waals surface area contributed by atoms with Crippen LogP contribution in [0, 0.1) is 6.92 Å². The van der Waals surface area contributed by atoms with Crippen molar-refractivity contribution in [3.05, 3.63) is 27.4 Å². The van der Waals surface area contributed by atoms with E-state index in [9.17, 15) is 4.79 Å². The van der Waals surface area contributed by atoms with Gasteiger partial charge < -0.3 is 15.0 Å². The van der Waals surface area contributed by atoms with Gasteiger partial charge in [-0.25, -0.2) is 4.98 Å². The number of aromatic nitrogens is 2. The standard InChI is InChI=1S/C12H19N3O2/c1-8-10(7-13-2)12(16)15-11(14-8)9-3-5-17-6-4-9/h9,13H,3-7H2,1-2H3,(H,14,15,16). The van der Waals surface area contributed by atoms with Crippen LogP contribution in [0.3, 0.4) is 0 Å². The van der Waals surface area contributed by atoms with E-state index >= 15 is 0 Å². The predicted molar refractivity (Wildman–Crippen MR) is 65.2 cm³/mol. The van der Waals surface area contributed by atoms with E-state index < -0.39 is 0 Å². The van der Waals surface area contributed by atoms with Crippen LogP contribution < -0.4 is 10.9 Å². The van der Waals surface area contributed by atoms with Crippen LogP contribution in [0.4, 0.5) is 0 Å². The van der Waals surface area contributed by atoms with E-state index in [0.717, 1.165) is 43.1 Å². The molecule has 5 heteroatoms. The van der Waals surface area contributed by atoms with Crippen molar-refractivity contribution in [2.24, 2.45) is 0 Å². The van der Waals surface area contributed by atoms with Gasteiger partial charge in [-0.15, -0.1) is 0 Å². The zero-order chi connectivity index (χ0) is 12.3. The lowest BCUT2D eigenvalue weighted by molar-refractivity contribution is 0.0835. The van der Waals surface area contributed by atoms with E-state index in [1.54, 1.807) is 0 Å². The second-order valence-electron chi connectivity index (χ2n) is 4.43. The molecule has 0 unspecified atom stereocenters. The first-order valence-electron chi connectivity index (χ1n) is 6.04. The minimum Gasteiger partial charge on any atom is -0.381 e. The van der Waals surface area contributed by atoms with Gasteiger partial charge >= 0.3 is 0 Å². The number of H-pyrrole nitrogens is 1. The minimum atomic E-state index is -0.0201. The van der Waals surface area contributed by atoms with E-state index in [2.05, 4.69) is 15.3 Å². The maximum absolute atomic E-state index is 11.9. The first-order chi connectivity index (χ1) is 8.22. The number of aromatic amines is 1. The summed E-state index contributed by atoms with van der Waals surface area (Å²) >= 11 is 0. The lowest BCUT2D eigenvalue weighted by atomic mass is 9.99. The Bertz CT molecular complexity index is 436. The molecule has 1 saturated heterocycles. The van der Waals surface area contributed by atoms with Crippen LogP contribution in [0.1, 0.15) is 35.8 Å². The first kappa shape index (κ1) is 12.3. The molecular formula is C12H19N3O2. The third kappa shape index (κ3) is 2.73. The molecule has 0 saturated carbocycles. The molecule has 17 heavy (non-hydrogen) atoms. The number of hydrogen-bond donors (Lipinski definition) is 2. The van der Waals surface area contributed by atoms with E-state index in [-0.39, 0.29) is 5.56 Å². The average molecular weight is 237 g/mol. The normalized spacial score (nSPS) is 17.3. The molecule has 0 aliphatic carbocycles. The predicted octanol–water partition coefficient (Wildman–Crippen LogP) is 0.692. The number of aryl methyl sites for hydroxylation is 1. The third-order valence-electron chi connectivity index (χ3n) is 3.20. The highest BCUT2D eigenvalue weighted by molar-refractivity contribution is 5.17. The molecule has 2 heterocycles. The van der Waals surface area contributed by atoms with Gasteiger partial charge in [0.2, 0.25) is 0 Å². The summed E-state index contributed by atoms with van der Waals surface area (Å²) in [7, 11) is 1.82. The summed E-state index contributed by atoms with van der Waals surface area (Å²) in [6.07, 6.45) is 1.88. The highest BCUT2D eigenvalue weighted by Gasteiger charge is 2.19. The molecule has 1 fully saturated rings. The van der Waals surface area contributed by atoms with Gasteiger partial charge in [-0.05, 0) is 26.8 Å². The van der Waals surface area contributed by atoms with Crippen LogP contribution in [-0.2, 0) is 11.3 Å². The van der Waals surface area contributed by atoms with Crippen molar-refractivity contribution in [3.63, 3.8) is 0 Å². The lowest BCUT2D eigenvalue weighted by Gasteiger charge is -2.21. The van der Waals surface area contributed by atoms with Crippen LogP contribution in [0.2, 0.25) is 0 Å². The SMILES string of the molecule is CNCc1c(C)nc(C2CCOCC2)[nH]c1=O. The number of nitrogens with one attached hydrogen (secondary N) is 2. The molecule has 0 bridgehead atoms. The van der Waals surface area contributed by atoms with Gasteiger partial charge in [0.15, 0.2) is 0 Å². The molecule has 0 amide bonds. The monoisotopic (exact) mass is 237 g/mol. The van der Waals surface area contributed by atoms with Crippen LogP contribution >= 0.6 is 0 Å². The van der Waals surface area contributed by atoms with Gasteiger partial charge in [-0.1, -0.05) is 0 Å². The zero-order valence-electron chi connectivity index (χ0n) is 10.4. The Labute approximate surface area is 101 Å². The summed E-state index contributed by atoms with van der Waals surface area (Å²) in [5.41, 5.74) is 1.53. The number of ether oxygens (including phenoxy) is 1. The molecule has 0 atom stereocenters. The fourth-order valence-corrected chi connectivity index (χ4v) is 2.18. The van der Waals surface area contributed by atoms with Gasteiger partial charge in [-0.3, -0.25) is 4.79 Å². The Hall–Kier alpha value is -1.20. The molecule has 2 N–H and O–H groups in total. The molecule has 1 aliphatic heterocycles. The van der Waals surface area contributed by atoms with E-state index in [0.29, 0.717) is 12.5 Å². The van der Waals surface area contributed by atoms with Crippen molar-refractivity contribution in [2.75, 3.05) is 20.3 Å². The largest absolute Gasteiger partial charge is 0.381 e. The van der Waals surface area contributed by atoms with E-state index in [4.69, 9.17) is 4.74 Å². The zero-order valence-corrected chi connectivity index (χ0v) is 10.4. The summed E-state index contributed by atoms with van der Waals surface area (Å²) in [5.74, 6) is 1.15. The van der Waals surface area contributed by atoms with Crippen molar-refractivity contribution in [1.29, 1.82) is 0 Å². The van der Waals surface area contributed by atoms with Crippen LogP contribution in [0.25, 0.3) is 0 Å². The van der Waals surface area contributed by atoms with Gasteiger partial charge in [0.05, 0.1) is 5.56 Å². The van der Waals surface area contributed by atoms with Gasteiger partial charge in [0, 0.05) is 31.4 Å². The average Bonchev–Trinajstić information content (AvgIpc) is 2.35. The fraction of sp³-hybridized carbons (Fsp3) is 0.667. The van der Waals surface area contributed by atoms with Gasteiger partial charge in [0.25, 0.3) is 5.56 Å². The first-order valence-corrected chi connectivity index (χ1v) is 6.04. The van der Waals surface area contributed by atoms with E-state index in [1.165, 1.54) is 0 Å². The van der Waals surface area contributed by atoms with Crippen molar-refractivity contribution in [1.82, 2.24) is 15.3 Å². The summed E-state index contributed by atoms with van der Waals surface area (Å²) in [6.45, 7) is 3.96. The Kier molecular flexibility index (Phi) is 3.91. The number of nitrogens with zero attached hydrogens (tertiary/aromatic N) is 1. The van der Waals surface area contributed by atoms with Gasteiger partial charge in [0.1, 0.15) is 5.82 Å². The summed E-state index contributed by atoms with van der Waals surface area (Å²) in [4.78, 5) is 19.4. The van der Waals surface area contributed by atoms with Crippen molar-refractivity contribution < 1.29 is 4.74 Å². The molecule has 1 aromatic heterocycles. The third-order valence-corrected chi connectivity index (χ3v) is 3.20. The van der Waals surface area contributed by atoms with Crippen molar-refractivity contribution >= 4 is 0 Å². The maximum atomic E-state index is 11.9. The van der Waals surface area contributed by atoms with Crippen molar-refractivity contribution in [2.45, 2.75) is 32.2 Å². The summed E-state index contributed by atoms with van der Waals surface area (Å²) in [5, 5.41) is 2.98. The molecule has 0 aromatic carbocycles. The van der Waals surface area contributed by atoms with E-state index in [1.807, 2.05) is 14.0 Å². The highest BCUT2D eigenvalue weighted by Crippen LogP contribution is 2.23. The van der Waals surface area contributed by atoms with Gasteiger partial charge in [-0.2, -0.15) is 0 Å². The lowest BCUT2D eigenvalue weighted by Crippen LogP contribution is -2.26. The number of rotatable bonds is 3. The quantitative estimate of drug-likeness (QED) is 0.811. The molecule has 94 valence electrons. The Morgan fingerprint density at radius 3 is 2.76 bits per heavy atom. The molecular weight excluding hydrogens is 218 g/mol. The Morgan fingerprint density at radius 1 is 1.47 bits per heavy atom. The summed E-state index contributed by atoms with van der Waals surface area (Å²) < 4.78 is 5.31. The molecule has 2 rings (SSSR count). The molecule has 0 spiro atoms. The molecule has 5 nitrogen and oxygen atoms in total. The smallest absolute Gasteiger partial charge is 0.255 e. The number of hydrogen-bond acceptors (Lipinski definition) is 4. The summed E-state index contributed by atoms with van der Waals surface area (Å²) in [6, 6.07) is 0. The highest BCUT2D eigenvalue weighted by atomic mass is 16.5. The Morgan fingerprint density at radius 2 is 2.18 bits per heavy atom. The topological polar surface area (TPSA) is 67.0 Å². The van der Waals surface area contributed by atoms with Crippen LogP contribution in [0.5, 0.6) is 0 Å². The maximum Gasteiger partial charge on any atom is 0.255 e. The second kappa shape index (κ2) is 5.42. The second-order valence-corrected chi connectivity index (χ2v) is 4.43. The Balaban J connectivity index is 2.27. The molecule has 1 aliphatic rings. The van der Waals surface area contributed by atoms with Crippen LogP contribution in [-0.4, -0.2) is 30.2 Å². The fourth-order valence-electron chi connectivity index (χ4n) is 2.18.